The molecule has 32 heavy (non-hydrogen) atoms. The number of nitrogens with zero attached hydrogens (tertiary/aromatic N) is 3. The smallest absolute Gasteiger partial charge is 0.387 e. The number of imidazole rings is 1. The van der Waals surface area contributed by atoms with Gasteiger partial charge in [0.25, 0.3) is 0 Å². The van der Waals surface area contributed by atoms with Crippen molar-refractivity contribution >= 4 is 17.7 Å². The van der Waals surface area contributed by atoms with E-state index in [9.17, 15) is 13.6 Å². The summed E-state index contributed by atoms with van der Waals surface area (Å²) in [6.07, 6.45) is 3.58. The van der Waals surface area contributed by atoms with E-state index in [0.717, 1.165) is 16.4 Å². The Bertz CT molecular complexity index is 1090. The molecule has 6 nitrogen and oxygen atoms in total. The highest BCUT2D eigenvalue weighted by molar-refractivity contribution is 7.99. The van der Waals surface area contributed by atoms with E-state index in [1.165, 1.54) is 35.4 Å². The van der Waals surface area contributed by atoms with Gasteiger partial charge in [-0.3, -0.25) is 9.36 Å². The molecular weight excluding hydrogens is 436 g/mol. The predicted octanol–water partition coefficient (Wildman–Crippen LogP) is 4.85. The summed E-state index contributed by atoms with van der Waals surface area (Å²) in [6.45, 7) is 1.39. The molecule has 2 aromatic carbocycles. The Morgan fingerprint density at radius 1 is 1.22 bits per heavy atom. The first kappa shape index (κ1) is 23.6. The van der Waals surface area contributed by atoms with E-state index in [4.69, 9.17) is 4.74 Å². The van der Waals surface area contributed by atoms with Gasteiger partial charge in [0.1, 0.15) is 0 Å². The zero-order valence-corrected chi connectivity index (χ0v) is 19.2. The number of hydrogen-bond donors (Lipinski definition) is 0. The number of benzene rings is 2. The lowest BCUT2D eigenvalue weighted by molar-refractivity contribution is -0.127. The molecule has 0 saturated heterocycles. The molecule has 0 N–H and O–H groups in total. The number of amides is 1. The number of aryl methyl sites for hydroxylation is 1. The van der Waals surface area contributed by atoms with E-state index < -0.39 is 6.61 Å². The Morgan fingerprint density at radius 3 is 2.72 bits per heavy atom. The highest BCUT2D eigenvalue weighted by Gasteiger charge is 2.16. The second-order valence-corrected chi connectivity index (χ2v) is 8.14. The molecule has 0 aliphatic heterocycles. The fourth-order valence-corrected chi connectivity index (χ4v) is 4.09. The fraction of sp³-hybridized carbons (Fsp3) is 0.304. The lowest BCUT2D eigenvalue weighted by atomic mass is 10.1. The number of aromatic nitrogens is 2. The molecule has 3 aromatic rings. The van der Waals surface area contributed by atoms with Crippen LogP contribution in [0.15, 0.2) is 53.9 Å². The molecule has 0 spiro atoms. The highest BCUT2D eigenvalue weighted by atomic mass is 32.2. The van der Waals surface area contributed by atoms with E-state index >= 15 is 0 Å². The van der Waals surface area contributed by atoms with E-state index in [2.05, 4.69) is 29.6 Å². The molecule has 0 aliphatic carbocycles. The van der Waals surface area contributed by atoms with Gasteiger partial charge in [0.2, 0.25) is 5.91 Å². The third-order valence-electron chi connectivity index (χ3n) is 5.06. The van der Waals surface area contributed by atoms with Gasteiger partial charge in [-0.05, 0) is 48.7 Å². The van der Waals surface area contributed by atoms with Gasteiger partial charge in [0, 0.05) is 26.0 Å². The van der Waals surface area contributed by atoms with Crippen molar-refractivity contribution in [1.29, 1.82) is 0 Å². The van der Waals surface area contributed by atoms with Crippen LogP contribution >= 0.6 is 11.8 Å². The monoisotopic (exact) mass is 461 g/mol. The molecule has 0 unspecified atom stereocenters. The van der Waals surface area contributed by atoms with Crippen molar-refractivity contribution in [2.45, 2.75) is 32.2 Å². The SMILES string of the molecule is COc1ccc(CN(C)C(=O)CSc2nccn2-c2cccc(C)c2C)cc1OC(F)F. The van der Waals surface area contributed by atoms with Crippen LogP contribution in [-0.2, 0) is 11.3 Å². The van der Waals surface area contributed by atoms with E-state index in [0.29, 0.717) is 5.56 Å². The number of methoxy groups -OCH3 is 1. The third kappa shape index (κ3) is 5.59. The number of hydrogen-bond acceptors (Lipinski definition) is 5. The van der Waals surface area contributed by atoms with Crippen LogP contribution in [0.2, 0.25) is 0 Å². The Balaban J connectivity index is 1.65. The summed E-state index contributed by atoms with van der Waals surface area (Å²) in [5.41, 5.74) is 4.00. The summed E-state index contributed by atoms with van der Waals surface area (Å²) in [4.78, 5) is 18.6. The molecule has 1 heterocycles. The van der Waals surface area contributed by atoms with Gasteiger partial charge in [-0.25, -0.2) is 4.98 Å². The number of thioether (sulfide) groups is 1. The minimum absolute atomic E-state index is 0.0641. The van der Waals surface area contributed by atoms with Crippen molar-refractivity contribution in [3.8, 4) is 17.2 Å². The summed E-state index contributed by atoms with van der Waals surface area (Å²) in [6, 6.07) is 10.8. The number of carbonyl (C=O) groups is 1. The van der Waals surface area contributed by atoms with Crippen LogP contribution < -0.4 is 9.47 Å². The maximum absolute atomic E-state index is 12.7. The second kappa shape index (κ2) is 10.5. The van der Waals surface area contributed by atoms with Gasteiger partial charge in [-0.15, -0.1) is 0 Å². The van der Waals surface area contributed by atoms with Crippen LogP contribution in [0.3, 0.4) is 0 Å². The molecule has 0 fully saturated rings. The first-order chi connectivity index (χ1) is 15.3. The molecule has 1 amide bonds. The minimum Gasteiger partial charge on any atom is -0.493 e. The average Bonchev–Trinajstić information content (AvgIpc) is 3.22. The fourth-order valence-electron chi connectivity index (χ4n) is 3.18. The molecule has 0 atom stereocenters. The van der Waals surface area contributed by atoms with Crippen molar-refractivity contribution in [2.75, 3.05) is 19.9 Å². The summed E-state index contributed by atoms with van der Waals surface area (Å²) in [5, 5.41) is 0.720. The highest BCUT2D eigenvalue weighted by Crippen LogP contribution is 2.30. The largest absolute Gasteiger partial charge is 0.493 e. The molecule has 0 radical (unpaired) electrons. The number of carbonyl (C=O) groups excluding carboxylic acids is 1. The van der Waals surface area contributed by atoms with Gasteiger partial charge in [0.05, 0.1) is 18.6 Å². The van der Waals surface area contributed by atoms with Crippen molar-refractivity contribution in [2.24, 2.45) is 0 Å². The third-order valence-corrected chi connectivity index (χ3v) is 6.01. The Labute approximate surface area is 190 Å². The summed E-state index contributed by atoms with van der Waals surface area (Å²) in [5.74, 6) is 0.217. The Kier molecular flexibility index (Phi) is 7.74. The standard InChI is InChI=1S/C23H25F2N3O3S/c1-15-6-5-7-18(16(15)2)28-11-10-26-23(28)32-14-21(29)27(3)13-17-8-9-19(30-4)20(12-17)31-22(24)25/h5-12,22H,13-14H2,1-4H3. The van der Waals surface area contributed by atoms with Crippen molar-refractivity contribution < 1.29 is 23.0 Å². The number of alkyl halides is 2. The topological polar surface area (TPSA) is 56.6 Å². The number of rotatable bonds is 9. The quantitative estimate of drug-likeness (QED) is 0.427. The van der Waals surface area contributed by atoms with Crippen LogP contribution in [-0.4, -0.2) is 46.9 Å². The first-order valence-corrected chi connectivity index (χ1v) is 10.9. The van der Waals surface area contributed by atoms with E-state index in [1.54, 1.807) is 25.4 Å². The zero-order valence-electron chi connectivity index (χ0n) is 18.3. The van der Waals surface area contributed by atoms with Gasteiger partial charge in [-0.2, -0.15) is 8.78 Å². The molecular formula is C23H25F2N3O3S. The summed E-state index contributed by atoms with van der Waals surface area (Å²) in [7, 11) is 3.04. The van der Waals surface area contributed by atoms with Crippen LogP contribution in [0.5, 0.6) is 11.5 Å². The predicted molar refractivity (Wildman–Crippen MR) is 120 cm³/mol. The van der Waals surface area contributed by atoms with E-state index in [-0.39, 0.29) is 29.7 Å². The first-order valence-electron chi connectivity index (χ1n) is 9.88. The zero-order chi connectivity index (χ0) is 23.3. The van der Waals surface area contributed by atoms with Gasteiger partial charge >= 0.3 is 6.61 Å². The average molecular weight is 462 g/mol. The van der Waals surface area contributed by atoms with Crippen LogP contribution in [0.4, 0.5) is 8.78 Å². The molecule has 170 valence electrons. The van der Waals surface area contributed by atoms with Gasteiger partial charge < -0.3 is 14.4 Å². The van der Waals surface area contributed by atoms with Crippen molar-refractivity contribution in [1.82, 2.24) is 14.5 Å². The summed E-state index contributed by atoms with van der Waals surface area (Å²) < 4.78 is 36.8. The number of halogens is 2. The molecule has 0 aliphatic rings. The van der Waals surface area contributed by atoms with Crippen LogP contribution in [0.25, 0.3) is 5.69 Å². The number of ether oxygens (including phenoxy) is 2. The normalized spacial score (nSPS) is 11.0. The van der Waals surface area contributed by atoms with Gasteiger partial charge in [0.15, 0.2) is 16.7 Å². The molecule has 9 heteroatoms. The molecule has 0 saturated carbocycles. The van der Waals surface area contributed by atoms with Gasteiger partial charge in [-0.1, -0.05) is 30.0 Å². The van der Waals surface area contributed by atoms with E-state index in [1.807, 2.05) is 22.9 Å². The second-order valence-electron chi connectivity index (χ2n) is 7.20. The molecule has 0 bridgehead atoms. The Hall–Kier alpha value is -3.07. The molecule has 1 aromatic heterocycles. The Morgan fingerprint density at radius 2 is 2.00 bits per heavy atom. The van der Waals surface area contributed by atoms with Crippen molar-refractivity contribution in [3.63, 3.8) is 0 Å². The minimum atomic E-state index is -2.96. The molecule has 3 rings (SSSR count). The lowest BCUT2D eigenvalue weighted by Gasteiger charge is -2.19. The summed E-state index contributed by atoms with van der Waals surface area (Å²) >= 11 is 1.34. The van der Waals surface area contributed by atoms with Crippen LogP contribution in [0, 0.1) is 13.8 Å². The van der Waals surface area contributed by atoms with Crippen LogP contribution in [0.1, 0.15) is 16.7 Å². The lowest BCUT2D eigenvalue weighted by Crippen LogP contribution is -2.28. The maximum Gasteiger partial charge on any atom is 0.387 e. The maximum atomic E-state index is 12.7. The van der Waals surface area contributed by atoms with Crippen molar-refractivity contribution in [3.05, 3.63) is 65.5 Å².